The summed E-state index contributed by atoms with van der Waals surface area (Å²) in [5, 5.41) is 8.15. The Morgan fingerprint density at radius 1 is 1.16 bits per heavy atom. The van der Waals surface area contributed by atoms with Gasteiger partial charge in [0.2, 0.25) is 5.88 Å². The number of H-pyrrole nitrogens is 2. The molecule has 0 bridgehead atoms. The smallest absolute Gasteiger partial charge is 0.325 e. The lowest BCUT2D eigenvalue weighted by molar-refractivity contribution is 0.386. The summed E-state index contributed by atoms with van der Waals surface area (Å²) in [7, 11) is 1.55. The summed E-state index contributed by atoms with van der Waals surface area (Å²) in [6.45, 7) is 0. The van der Waals surface area contributed by atoms with Gasteiger partial charge in [0, 0.05) is 24.2 Å². The molecule has 0 unspecified atom stereocenters. The average Bonchev–Trinajstić information content (AvgIpc) is 3.43. The maximum Gasteiger partial charge on any atom is 0.325 e. The van der Waals surface area contributed by atoms with Gasteiger partial charge >= 0.3 is 5.69 Å². The number of aromatic amines is 2. The van der Waals surface area contributed by atoms with Crippen LogP contribution in [-0.2, 0) is 0 Å². The van der Waals surface area contributed by atoms with Crippen molar-refractivity contribution in [2.24, 2.45) is 0 Å². The molecule has 0 saturated heterocycles. The predicted octanol–water partition coefficient (Wildman–Crippen LogP) is 1.19. The fourth-order valence-electron chi connectivity index (χ4n) is 3.07. The highest BCUT2D eigenvalue weighted by Crippen LogP contribution is 2.56. The van der Waals surface area contributed by atoms with Gasteiger partial charge in [-0.1, -0.05) is 0 Å². The molecule has 0 amide bonds. The van der Waals surface area contributed by atoms with Crippen LogP contribution in [-0.4, -0.2) is 32.3 Å². The molecule has 126 valence electrons. The molecule has 4 rings (SSSR count). The Morgan fingerprint density at radius 3 is 2.68 bits per heavy atom. The molecule has 3 aromatic rings. The molecule has 1 fully saturated rings. The van der Waals surface area contributed by atoms with E-state index in [4.69, 9.17) is 4.74 Å². The van der Waals surface area contributed by atoms with E-state index in [9.17, 15) is 9.59 Å². The minimum atomic E-state index is -0.560. The summed E-state index contributed by atoms with van der Waals surface area (Å²) in [6.07, 6.45) is 5.86. The van der Waals surface area contributed by atoms with Crippen LogP contribution in [0.2, 0.25) is 0 Å². The summed E-state index contributed by atoms with van der Waals surface area (Å²) in [5.41, 5.74) is 1.71. The number of nitrogens with zero attached hydrogens (tertiary/aromatic N) is 3. The Kier molecular flexibility index (Phi) is 3.64. The zero-order valence-corrected chi connectivity index (χ0v) is 13.4. The van der Waals surface area contributed by atoms with E-state index in [0.717, 1.165) is 12.0 Å². The number of ether oxygens (including phenoxy) is 1. The van der Waals surface area contributed by atoms with Crippen LogP contribution in [0.5, 0.6) is 5.88 Å². The SMILES string of the molecule is COc1nnc(-c2c[nH]c(=O)[nH]c2=O)cc1[C@H]1C[C@@H]1c1ccncc1. The van der Waals surface area contributed by atoms with Gasteiger partial charge < -0.3 is 9.72 Å². The summed E-state index contributed by atoms with van der Waals surface area (Å²) >= 11 is 0. The van der Waals surface area contributed by atoms with Crippen LogP contribution < -0.4 is 16.0 Å². The van der Waals surface area contributed by atoms with Gasteiger partial charge in [-0.2, -0.15) is 0 Å². The van der Waals surface area contributed by atoms with Crippen LogP contribution in [0, 0.1) is 0 Å². The van der Waals surface area contributed by atoms with Gasteiger partial charge in [-0.05, 0) is 42.0 Å². The van der Waals surface area contributed by atoms with E-state index in [0.29, 0.717) is 17.5 Å². The largest absolute Gasteiger partial charge is 0.480 e. The van der Waals surface area contributed by atoms with E-state index in [1.807, 2.05) is 12.1 Å². The third-order valence-electron chi connectivity index (χ3n) is 4.40. The molecule has 3 aromatic heterocycles. The molecule has 1 aliphatic rings. The number of methoxy groups -OCH3 is 1. The topological polar surface area (TPSA) is 114 Å². The van der Waals surface area contributed by atoms with Gasteiger partial charge in [0.1, 0.15) is 5.69 Å². The van der Waals surface area contributed by atoms with Gasteiger partial charge in [-0.3, -0.25) is 14.8 Å². The number of aromatic nitrogens is 5. The molecule has 3 heterocycles. The number of hydrogen-bond donors (Lipinski definition) is 2. The second-order valence-corrected chi connectivity index (χ2v) is 5.91. The molecule has 1 saturated carbocycles. The number of rotatable bonds is 4. The van der Waals surface area contributed by atoms with Crippen molar-refractivity contribution in [1.82, 2.24) is 25.1 Å². The van der Waals surface area contributed by atoms with E-state index in [-0.39, 0.29) is 11.5 Å². The molecular formula is C17H15N5O3. The van der Waals surface area contributed by atoms with Crippen LogP contribution in [0.1, 0.15) is 29.4 Å². The maximum atomic E-state index is 12.0. The van der Waals surface area contributed by atoms with Crippen molar-refractivity contribution in [3.05, 3.63) is 68.8 Å². The Labute approximate surface area is 142 Å². The summed E-state index contributed by atoms with van der Waals surface area (Å²) < 4.78 is 5.34. The molecule has 1 aliphatic carbocycles. The van der Waals surface area contributed by atoms with Gasteiger partial charge in [-0.25, -0.2) is 4.79 Å². The molecule has 2 atom stereocenters. The number of pyridine rings is 1. The minimum absolute atomic E-state index is 0.244. The lowest BCUT2D eigenvalue weighted by atomic mass is 10.1. The molecule has 0 radical (unpaired) electrons. The fourth-order valence-corrected chi connectivity index (χ4v) is 3.07. The van der Waals surface area contributed by atoms with Crippen molar-refractivity contribution in [2.45, 2.75) is 18.3 Å². The average molecular weight is 337 g/mol. The van der Waals surface area contributed by atoms with Gasteiger partial charge in [-0.15, -0.1) is 10.2 Å². The van der Waals surface area contributed by atoms with Crippen LogP contribution in [0.15, 0.2) is 46.4 Å². The van der Waals surface area contributed by atoms with Crippen molar-refractivity contribution in [1.29, 1.82) is 0 Å². The maximum absolute atomic E-state index is 12.0. The quantitative estimate of drug-likeness (QED) is 0.739. The normalized spacial score (nSPS) is 18.8. The van der Waals surface area contributed by atoms with E-state index >= 15 is 0 Å². The van der Waals surface area contributed by atoms with Crippen molar-refractivity contribution in [3.63, 3.8) is 0 Å². The summed E-state index contributed by atoms with van der Waals surface area (Å²) in [4.78, 5) is 31.9. The molecule has 8 nitrogen and oxygen atoms in total. The molecule has 0 spiro atoms. The molecule has 0 aliphatic heterocycles. The van der Waals surface area contributed by atoms with Crippen molar-refractivity contribution >= 4 is 0 Å². The molecule has 0 aromatic carbocycles. The first-order valence-electron chi connectivity index (χ1n) is 7.81. The first-order valence-corrected chi connectivity index (χ1v) is 7.81. The predicted molar refractivity (Wildman–Crippen MR) is 89.6 cm³/mol. The third kappa shape index (κ3) is 2.82. The molecule has 2 N–H and O–H groups in total. The second-order valence-electron chi connectivity index (χ2n) is 5.91. The fraction of sp³-hybridized carbons (Fsp3) is 0.235. The van der Waals surface area contributed by atoms with Crippen LogP contribution in [0.4, 0.5) is 0 Å². The first-order chi connectivity index (χ1) is 12.2. The Balaban J connectivity index is 1.73. The van der Waals surface area contributed by atoms with Crippen LogP contribution >= 0.6 is 0 Å². The van der Waals surface area contributed by atoms with Crippen molar-refractivity contribution in [2.75, 3.05) is 7.11 Å². The third-order valence-corrected chi connectivity index (χ3v) is 4.40. The van der Waals surface area contributed by atoms with E-state index < -0.39 is 11.2 Å². The second kappa shape index (κ2) is 5.97. The highest BCUT2D eigenvalue weighted by atomic mass is 16.5. The Morgan fingerprint density at radius 2 is 1.96 bits per heavy atom. The Bertz CT molecular complexity index is 1030. The number of nitrogens with one attached hydrogen (secondary N) is 2. The molecular weight excluding hydrogens is 322 g/mol. The van der Waals surface area contributed by atoms with E-state index in [1.54, 1.807) is 25.6 Å². The zero-order valence-electron chi connectivity index (χ0n) is 13.4. The van der Waals surface area contributed by atoms with Crippen molar-refractivity contribution < 1.29 is 4.74 Å². The molecule has 8 heteroatoms. The number of hydrogen-bond acceptors (Lipinski definition) is 6. The van der Waals surface area contributed by atoms with Gasteiger partial charge in [0.15, 0.2) is 0 Å². The highest BCUT2D eigenvalue weighted by Gasteiger charge is 2.42. The monoisotopic (exact) mass is 337 g/mol. The van der Waals surface area contributed by atoms with Crippen molar-refractivity contribution in [3.8, 4) is 17.1 Å². The Hall–Kier alpha value is -3.29. The molecule has 25 heavy (non-hydrogen) atoms. The van der Waals surface area contributed by atoms with Crippen LogP contribution in [0.25, 0.3) is 11.3 Å². The van der Waals surface area contributed by atoms with Gasteiger partial charge in [0.05, 0.1) is 12.7 Å². The zero-order chi connectivity index (χ0) is 17.4. The standard InChI is InChI=1S/C17H15N5O3/c1-25-16-12(11-6-10(11)9-2-4-18-5-3-9)7-14(21-22-16)13-8-19-17(24)20-15(13)23/h2-5,7-8,10-11H,6H2,1H3,(H2,19,20,23,24)/t10-,11+/m1/s1. The van der Waals surface area contributed by atoms with E-state index in [2.05, 4.69) is 25.1 Å². The summed E-state index contributed by atoms with van der Waals surface area (Å²) in [5.74, 6) is 1.06. The van der Waals surface area contributed by atoms with E-state index in [1.165, 1.54) is 11.8 Å². The first kappa shape index (κ1) is 15.3. The highest BCUT2D eigenvalue weighted by molar-refractivity contribution is 5.58. The lowest BCUT2D eigenvalue weighted by Crippen LogP contribution is -2.23. The minimum Gasteiger partial charge on any atom is -0.480 e. The van der Waals surface area contributed by atoms with Crippen LogP contribution in [0.3, 0.4) is 0 Å². The summed E-state index contributed by atoms with van der Waals surface area (Å²) in [6, 6.07) is 5.80. The van der Waals surface area contributed by atoms with Gasteiger partial charge in [0.25, 0.3) is 5.56 Å². The lowest BCUT2D eigenvalue weighted by Gasteiger charge is -2.08.